The zero-order chi connectivity index (χ0) is 15.8. The summed E-state index contributed by atoms with van der Waals surface area (Å²) >= 11 is 0. The van der Waals surface area contributed by atoms with Crippen LogP contribution in [0, 0.1) is 20.8 Å². The summed E-state index contributed by atoms with van der Waals surface area (Å²) in [6, 6.07) is 5.07. The van der Waals surface area contributed by atoms with E-state index >= 15 is 0 Å². The highest BCUT2D eigenvalue weighted by Crippen LogP contribution is 2.24. The lowest BCUT2D eigenvalue weighted by molar-refractivity contribution is 0.243. The first-order valence-electron chi connectivity index (χ1n) is 8.56. The van der Waals surface area contributed by atoms with Crippen molar-refractivity contribution < 1.29 is 0 Å². The van der Waals surface area contributed by atoms with Crippen LogP contribution in [-0.2, 0) is 0 Å². The van der Waals surface area contributed by atoms with Crippen LogP contribution in [0.1, 0.15) is 61.9 Å². The van der Waals surface area contributed by atoms with Crippen molar-refractivity contribution in [3.8, 4) is 0 Å². The normalized spacial score (nSPS) is 12.9. The molecule has 1 rings (SSSR count). The Hall–Kier alpha value is -0.860. The molecule has 2 nitrogen and oxygen atoms in total. The van der Waals surface area contributed by atoms with Gasteiger partial charge in [0.1, 0.15) is 0 Å². The Morgan fingerprint density at radius 1 is 0.952 bits per heavy atom. The maximum atomic E-state index is 3.71. The number of hydrogen-bond acceptors (Lipinski definition) is 2. The molecule has 1 aromatic rings. The van der Waals surface area contributed by atoms with Gasteiger partial charge in [-0.2, -0.15) is 0 Å². The number of nitrogens with zero attached hydrogens (tertiary/aromatic N) is 1. The molecule has 1 N–H and O–H groups in total. The first-order valence-corrected chi connectivity index (χ1v) is 8.56. The van der Waals surface area contributed by atoms with Gasteiger partial charge in [0.15, 0.2) is 0 Å². The molecule has 0 bridgehead atoms. The van der Waals surface area contributed by atoms with Crippen molar-refractivity contribution in [2.45, 2.75) is 60.4 Å². The lowest BCUT2D eigenvalue weighted by atomic mass is 9.93. The predicted octanol–water partition coefficient (Wildman–Crippen LogP) is 4.38. The van der Waals surface area contributed by atoms with Crippen LogP contribution in [0.5, 0.6) is 0 Å². The van der Waals surface area contributed by atoms with Crippen molar-refractivity contribution in [2.75, 3.05) is 26.2 Å². The molecule has 0 aliphatic carbocycles. The highest BCUT2D eigenvalue weighted by Gasteiger charge is 2.18. The van der Waals surface area contributed by atoms with Crippen LogP contribution in [0.2, 0.25) is 0 Å². The van der Waals surface area contributed by atoms with Gasteiger partial charge in [-0.1, -0.05) is 38.5 Å². The van der Waals surface area contributed by atoms with Crippen LogP contribution in [-0.4, -0.2) is 31.1 Å². The van der Waals surface area contributed by atoms with E-state index < -0.39 is 0 Å². The SMILES string of the molecule is CCCN(CCC)CC(NCC)c1c(C)cc(C)cc1C. The Balaban J connectivity index is 3.00. The summed E-state index contributed by atoms with van der Waals surface area (Å²) in [6.45, 7) is 18.0. The molecular weight excluding hydrogens is 256 g/mol. The van der Waals surface area contributed by atoms with Gasteiger partial charge in [0.25, 0.3) is 0 Å². The summed E-state index contributed by atoms with van der Waals surface area (Å²) in [4.78, 5) is 2.60. The average Bonchev–Trinajstić information content (AvgIpc) is 2.38. The molecule has 2 heteroatoms. The summed E-state index contributed by atoms with van der Waals surface area (Å²) in [6.07, 6.45) is 2.45. The van der Waals surface area contributed by atoms with Gasteiger partial charge in [-0.05, 0) is 69.9 Å². The summed E-state index contributed by atoms with van der Waals surface area (Å²) < 4.78 is 0. The molecule has 1 atom stereocenters. The van der Waals surface area contributed by atoms with Crippen molar-refractivity contribution in [2.24, 2.45) is 0 Å². The van der Waals surface area contributed by atoms with Gasteiger partial charge in [-0.3, -0.25) is 0 Å². The number of likely N-dealkylation sites (N-methyl/N-ethyl adjacent to an activating group) is 1. The Bertz CT molecular complexity index is 397. The van der Waals surface area contributed by atoms with Crippen molar-refractivity contribution >= 4 is 0 Å². The van der Waals surface area contributed by atoms with Gasteiger partial charge in [0.05, 0.1) is 0 Å². The van der Waals surface area contributed by atoms with Crippen molar-refractivity contribution in [3.63, 3.8) is 0 Å². The molecule has 1 unspecified atom stereocenters. The second kappa shape index (κ2) is 9.22. The minimum atomic E-state index is 0.439. The molecule has 0 saturated carbocycles. The van der Waals surface area contributed by atoms with E-state index in [1.807, 2.05) is 0 Å². The van der Waals surface area contributed by atoms with Gasteiger partial charge in [-0.25, -0.2) is 0 Å². The summed E-state index contributed by atoms with van der Waals surface area (Å²) in [5.74, 6) is 0. The maximum absolute atomic E-state index is 3.71. The summed E-state index contributed by atoms with van der Waals surface area (Å²) in [5, 5.41) is 3.71. The van der Waals surface area contributed by atoms with E-state index in [1.54, 1.807) is 0 Å². The van der Waals surface area contributed by atoms with Crippen LogP contribution in [0.15, 0.2) is 12.1 Å². The van der Waals surface area contributed by atoms with Crippen LogP contribution in [0.25, 0.3) is 0 Å². The number of aryl methyl sites for hydroxylation is 3. The van der Waals surface area contributed by atoms with Crippen LogP contribution < -0.4 is 5.32 Å². The molecule has 0 aliphatic heterocycles. The molecule has 0 aromatic heterocycles. The third-order valence-electron chi connectivity index (χ3n) is 4.06. The lowest BCUT2D eigenvalue weighted by Gasteiger charge is -2.30. The predicted molar refractivity (Wildman–Crippen MR) is 94.1 cm³/mol. The molecule has 120 valence electrons. The molecule has 21 heavy (non-hydrogen) atoms. The minimum absolute atomic E-state index is 0.439. The average molecular weight is 290 g/mol. The van der Waals surface area contributed by atoms with Gasteiger partial charge in [-0.15, -0.1) is 0 Å². The Labute approximate surface area is 131 Å². The largest absolute Gasteiger partial charge is 0.309 e. The monoisotopic (exact) mass is 290 g/mol. The van der Waals surface area contributed by atoms with Crippen LogP contribution >= 0.6 is 0 Å². The lowest BCUT2D eigenvalue weighted by Crippen LogP contribution is -2.37. The highest BCUT2D eigenvalue weighted by molar-refractivity contribution is 5.39. The third-order valence-corrected chi connectivity index (χ3v) is 4.06. The summed E-state index contributed by atoms with van der Waals surface area (Å²) in [7, 11) is 0. The molecule has 0 fully saturated rings. The molecule has 0 radical (unpaired) electrons. The fourth-order valence-electron chi connectivity index (χ4n) is 3.43. The van der Waals surface area contributed by atoms with Crippen molar-refractivity contribution in [1.82, 2.24) is 10.2 Å². The molecule has 0 saturated heterocycles. The number of benzene rings is 1. The maximum Gasteiger partial charge on any atom is 0.0454 e. The van der Waals surface area contributed by atoms with E-state index in [1.165, 1.54) is 48.2 Å². The quantitative estimate of drug-likeness (QED) is 0.726. The summed E-state index contributed by atoms with van der Waals surface area (Å²) in [5.41, 5.74) is 5.71. The van der Waals surface area contributed by atoms with Crippen molar-refractivity contribution in [1.29, 1.82) is 0 Å². The smallest absolute Gasteiger partial charge is 0.0454 e. The Morgan fingerprint density at radius 3 is 1.90 bits per heavy atom. The van der Waals surface area contributed by atoms with Crippen LogP contribution in [0.3, 0.4) is 0 Å². The second-order valence-electron chi connectivity index (χ2n) is 6.22. The Morgan fingerprint density at radius 2 is 1.48 bits per heavy atom. The molecule has 1 aromatic carbocycles. The number of hydrogen-bond donors (Lipinski definition) is 1. The van der Waals surface area contributed by atoms with E-state index in [4.69, 9.17) is 0 Å². The fourth-order valence-corrected chi connectivity index (χ4v) is 3.43. The standard InChI is InChI=1S/C19H34N2/c1-7-10-21(11-8-2)14-18(20-9-3)19-16(5)12-15(4)13-17(19)6/h12-13,18,20H,7-11,14H2,1-6H3. The highest BCUT2D eigenvalue weighted by atomic mass is 15.1. The molecule has 0 spiro atoms. The molecule has 0 aliphatic rings. The van der Waals surface area contributed by atoms with Gasteiger partial charge >= 0.3 is 0 Å². The van der Waals surface area contributed by atoms with Crippen LogP contribution in [0.4, 0.5) is 0 Å². The zero-order valence-electron chi connectivity index (χ0n) is 14.9. The van der Waals surface area contributed by atoms with Gasteiger partial charge in [0.2, 0.25) is 0 Å². The van der Waals surface area contributed by atoms with E-state index in [9.17, 15) is 0 Å². The van der Waals surface area contributed by atoms with E-state index in [0.29, 0.717) is 6.04 Å². The first-order chi connectivity index (χ1) is 10.0. The number of rotatable bonds is 9. The third kappa shape index (κ3) is 5.44. The fraction of sp³-hybridized carbons (Fsp3) is 0.684. The van der Waals surface area contributed by atoms with E-state index in [0.717, 1.165) is 13.1 Å². The van der Waals surface area contributed by atoms with E-state index in [-0.39, 0.29) is 0 Å². The minimum Gasteiger partial charge on any atom is -0.309 e. The number of nitrogens with one attached hydrogen (secondary N) is 1. The van der Waals surface area contributed by atoms with Crippen molar-refractivity contribution in [3.05, 3.63) is 34.4 Å². The molecule has 0 heterocycles. The Kier molecular flexibility index (Phi) is 7.98. The van der Waals surface area contributed by atoms with Gasteiger partial charge < -0.3 is 10.2 Å². The topological polar surface area (TPSA) is 15.3 Å². The zero-order valence-corrected chi connectivity index (χ0v) is 14.9. The first kappa shape index (κ1) is 18.2. The van der Waals surface area contributed by atoms with Gasteiger partial charge in [0, 0.05) is 12.6 Å². The second-order valence-corrected chi connectivity index (χ2v) is 6.22. The molecule has 0 amide bonds. The van der Waals surface area contributed by atoms with E-state index in [2.05, 4.69) is 63.9 Å². The molecular formula is C19H34N2.